The second kappa shape index (κ2) is 10.1. The highest BCUT2D eigenvalue weighted by Gasteiger charge is 2.39. The van der Waals surface area contributed by atoms with E-state index in [1.165, 1.54) is 9.52 Å². The monoisotopic (exact) mass is 465 g/mol. The summed E-state index contributed by atoms with van der Waals surface area (Å²) in [6.45, 7) is 6.42. The molecule has 0 saturated carbocycles. The van der Waals surface area contributed by atoms with Crippen molar-refractivity contribution in [2.24, 2.45) is 0 Å². The molecule has 2 aliphatic rings. The van der Waals surface area contributed by atoms with Crippen LogP contribution in [-0.2, 0) is 21.3 Å². The number of hydrogen-bond donors (Lipinski definition) is 1. The molecule has 2 fully saturated rings. The van der Waals surface area contributed by atoms with Gasteiger partial charge in [-0.15, -0.1) is 11.3 Å². The van der Waals surface area contributed by atoms with E-state index < -0.39 is 6.34 Å². The van der Waals surface area contributed by atoms with Crippen molar-refractivity contribution in [2.45, 2.75) is 0 Å². The molecule has 2 saturated heterocycles. The van der Waals surface area contributed by atoms with E-state index in [9.17, 15) is 0 Å². The number of aromatic nitrogens is 1. The van der Waals surface area contributed by atoms with Gasteiger partial charge in [0, 0.05) is 37.8 Å². The van der Waals surface area contributed by atoms with E-state index in [0.29, 0.717) is 0 Å². The predicted molar refractivity (Wildman–Crippen MR) is 128 cm³/mol. The Balaban J connectivity index is 1.85. The molecule has 2 aromatic rings. The number of ether oxygens (including phenoxy) is 2. The molecule has 0 unspecified atom stereocenters. The molecule has 0 atom stereocenters. The van der Waals surface area contributed by atoms with Gasteiger partial charge >= 0.3 is 0 Å². The van der Waals surface area contributed by atoms with Crippen LogP contribution in [0.3, 0.4) is 0 Å². The van der Waals surface area contributed by atoms with Crippen molar-refractivity contribution in [1.82, 2.24) is 14.3 Å². The van der Waals surface area contributed by atoms with Crippen molar-refractivity contribution in [2.75, 3.05) is 66.7 Å². The number of rotatable bonds is 6. The summed E-state index contributed by atoms with van der Waals surface area (Å²) in [6, 6.07) is 10.5. The van der Waals surface area contributed by atoms with Crippen LogP contribution in [0.5, 0.6) is 0 Å². The van der Waals surface area contributed by atoms with Gasteiger partial charge in [-0.25, -0.2) is 4.98 Å². The lowest BCUT2D eigenvalue weighted by Gasteiger charge is -2.45. The highest BCUT2D eigenvalue weighted by Crippen LogP contribution is 2.56. The zero-order valence-electron chi connectivity index (χ0n) is 17.6. The fraction of sp³-hybridized carbons (Fsp3) is 0.476. The molecule has 0 spiro atoms. The number of nitrogens with one attached hydrogen (secondary N) is 1. The molecule has 0 amide bonds. The Morgan fingerprint density at radius 1 is 1.00 bits per heavy atom. The fourth-order valence-corrected chi connectivity index (χ4v) is 10.2. The quantitative estimate of drug-likeness (QED) is 0.653. The number of benzene rings is 1. The summed E-state index contributed by atoms with van der Waals surface area (Å²) < 4.78 is 17.6. The van der Waals surface area contributed by atoms with E-state index in [2.05, 4.69) is 60.0 Å². The van der Waals surface area contributed by atoms with Gasteiger partial charge in [-0.2, -0.15) is 0 Å². The lowest BCUT2D eigenvalue weighted by atomic mass is 10.2. The molecule has 1 aromatic carbocycles. The van der Waals surface area contributed by atoms with Crippen LogP contribution in [-0.4, -0.2) is 81.0 Å². The molecule has 3 heterocycles. The molecule has 4 rings (SSSR count). The Kier molecular flexibility index (Phi) is 7.49. The summed E-state index contributed by atoms with van der Waals surface area (Å²) in [5.41, 5.74) is 2.17. The Morgan fingerprint density at radius 2 is 1.57 bits per heavy atom. The molecule has 2 aliphatic heterocycles. The molecule has 0 aliphatic carbocycles. The van der Waals surface area contributed by atoms with Gasteiger partial charge in [0.05, 0.1) is 57.0 Å². The van der Waals surface area contributed by atoms with Crippen molar-refractivity contribution in [3.05, 3.63) is 41.5 Å². The SMILES string of the molecule is C[NH+](C)C=Cc1nc(-c2ccccc2)c(P(=S)(N2CCOCC2)N2CCOCC2)s1. The minimum Gasteiger partial charge on any atom is -0.379 e. The summed E-state index contributed by atoms with van der Waals surface area (Å²) in [4.78, 5) is 6.33. The molecule has 162 valence electrons. The van der Waals surface area contributed by atoms with Gasteiger partial charge in [0.15, 0.2) is 0 Å². The predicted octanol–water partition coefficient (Wildman–Crippen LogP) is 1.52. The summed E-state index contributed by atoms with van der Waals surface area (Å²) in [6.07, 6.45) is 2.05. The van der Waals surface area contributed by atoms with Crippen molar-refractivity contribution >= 4 is 40.2 Å². The summed E-state index contributed by atoms with van der Waals surface area (Å²) in [7, 11) is 4.21. The molecule has 1 N–H and O–H groups in total. The van der Waals surface area contributed by atoms with E-state index in [4.69, 9.17) is 26.3 Å². The smallest absolute Gasteiger partial charge is 0.122 e. The van der Waals surface area contributed by atoms with E-state index in [-0.39, 0.29) is 0 Å². The third-order valence-corrected chi connectivity index (χ3v) is 12.5. The number of morpholine rings is 2. The van der Waals surface area contributed by atoms with Crippen LogP contribution in [0.2, 0.25) is 0 Å². The van der Waals surface area contributed by atoms with Crippen LogP contribution in [0.1, 0.15) is 5.01 Å². The molecule has 9 heteroatoms. The van der Waals surface area contributed by atoms with Gasteiger partial charge in [-0.05, 0) is 0 Å². The second-order valence-corrected chi connectivity index (χ2v) is 13.2. The van der Waals surface area contributed by atoms with Crippen molar-refractivity contribution in [1.29, 1.82) is 0 Å². The maximum absolute atomic E-state index is 6.64. The molecule has 0 bridgehead atoms. The minimum absolute atomic E-state index is 0.735. The first kappa shape index (κ1) is 22.2. The molecule has 1 aromatic heterocycles. The lowest BCUT2D eigenvalue weighted by molar-refractivity contribution is -0.800. The van der Waals surface area contributed by atoms with Crippen LogP contribution in [0.25, 0.3) is 17.3 Å². The normalized spacial score (nSPS) is 19.7. The third kappa shape index (κ3) is 4.76. The van der Waals surface area contributed by atoms with Crippen LogP contribution >= 0.6 is 17.7 Å². The van der Waals surface area contributed by atoms with Gasteiger partial charge in [0.25, 0.3) is 0 Å². The van der Waals surface area contributed by atoms with Crippen LogP contribution in [0, 0.1) is 0 Å². The van der Waals surface area contributed by atoms with E-state index in [1.54, 1.807) is 11.3 Å². The van der Waals surface area contributed by atoms with Gasteiger partial charge in [0.2, 0.25) is 0 Å². The van der Waals surface area contributed by atoms with E-state index >= 15 is 0 Å². The zero-order chi connectivity index (χ0) is 21.0. The standard InChI is InChI=1S/C21H29N4O2PS2/c1-23(2)9-8-19-22-20(18-6-4-3-5-7-18)21(30-19)28(29,24-10-14-26-15-11-24)25-12-16-27-17-13-25/h3-9H,10-17H2,1-2H3/p+1. The molecular weight excluding hydrogens is 435 g/mol. The average molecular weight is 466 g/mol. The Morgan fingerprint density at radius 3 is 2.10 bits per heavy atom. The summed E-state index contributed by atoms with van der Waals surface area (Å²) >= 11 is 8.40. The lowest BCUT2D eigenvalue weighted by Crippen LogP contribution is -3.00. The number of quaternary nitrogens is 1. The molecule has 6 nitrogen and oxygen atoms in total. The summed E-state index contributed by atoms with van der Waals surface area (Å²) in [5, 5.41) is 1.01. The topological polar surface area (TPSA) is 42.3 Å². The van der Waals surface area contributed by atoms with Crippen molar-refractivity contribution in [3.63, 3.8) is 0 Å². The number of hydrogen-bond acceptors (Lipinski definition) is 5. The summed E-state index contributed by atoms with van der Waals surface area (Å²) in [5.74, 6) is 0. The first-order valence-corrected chi connectivity index (χ1v) is 13.9. The van der Waals surface area contributed by atoms with Gasteiger partial charge in [0.1, 0.15) is 11.3 Å². The first-order chi connectivity index (χ1) is 14.6. The molecular formula is C21H30N4O2PS2+. The van der Waals surface area contributed by atoms with Gasteiger partial charge in [-0.1, -0.05) is 42.1 Å². The maximum Gasteiger partial charge on any atom is 0.122 e. The zero-order valence-corrected chi connectivity index (χ0v) is 20.1. The van der Waals surface area contributed by atoms with E-state index in [0.717, 1.165) is 68.9 Å². The van der Waals surface area contributed by atoms with Gasteiger partial charge in [-0.3, -0.25) is 9.34 Å². The molecule has 30 heavy (non-hydrogen) atoms. The third-order valence-electron chi connectivity index (χ3n) is 5.24. The average Bonchev–Trinajstić information content (AvgIpc) is 3.24. The Hall–Kier alpha value is -0.960. The highest BCUT2D eigenvalue weighted by molar-refractivity contribution is 8.17. The maximum atomic E-state index is 6.64. The highest BCUT2D eigenvalue weighted by atomic mass is 32.4. The first-order valence-electron chi connectivity index (χ1n) is 10.4. The number of nitrogens with zero attached hydrogens (tertiary/aromatic N) is 3. The minimum atomic E-state index is -2.20. The van der Waals surface area contributed by atoms with E-state index in [1.807, 2.05) is 6.07 Å². The largest absolute Gasteiger partial charge is 0.379 e. The molecule has 0 radical (unpaired) electrons. The Labute approximate surface area is 188 Å². The van der Waals surface area contributed by atoms with Crippen LogP contribution < -0.4 is 9.52 Å². The second-order valence-electron chi connectivity index (χ2n) is 7.66. The van der Waals surface area contributed by atoms with Crippen LogP contribution in [0.15, 0.2) is 36.5 Å². The van der Waals surface area contributed by atoms with Crippen molar-refractivity contribution < 1.29 is 14.4 Å². The van der Waals surface area contributed by atoms with Crippen molar-refractivity contribution in [3.8, 4) is 11.3 Å². The number of thiazole rings is 1. The van der Waals surface area contributed by atoms with Crippen LogP contribution in [0.4, 0.5) is 0 Å². The van der Waals surface area contributed by atoms with Gasteiger partial charge < -0.3 is 14.4 Å². The Bertz CT molecular complexity index is 885. The fourth-order valence-electron chi connectivity index (χ4n) is 3.70.